The number of ether oxygens (including phenoxy) is 1. The lowest BCUT2D eigenvalue weighted by molar-refractivity contribution is 0.386. The summed E-state index contributed by atoms with van der Waals surface area (Å²) < 4.78 is 40.8. The van der Waals surface area contributed by atoms with Gasteiger partial charge >= 0.3 is 0 Å². The quantitative estimate of drug-likeness (QED) is 0.816. The fourth-order valence-electron chi connectivity index (χ4n) is 1.69. The van der Waals surface area contributed by atoms with E-state index in [0.29, 0.717) is 11.3 Å². The fourth-order valence-corrected chi connectivity index (χ4v) is 2.32. The first-order valence-electron chi connectivity index (χ1n) is 6.08. The van der Waals surface area contributed by atoms with E-state index in [1.54, 1.807) is 24.4 Å². The molecule has 2 aromatic rings. The van der Waals surface area contributed by atoms with Crippen LogP contribution in [0.1, 0.15) is 5.56 Å². The Morgan fingerprint density at radius 1 is 1.14 bits per heavy atom. The minimum atomic E-state index is -3.21. The van der Waals surface area contributed by atoms with Crippen LogP contribution in [0.15, 0.2) is 52.4 Å². The normalized spacial score (nSPS) is 11.8. The van der Waals surface area contributed by atoms with Gasteiger partial charge in [0.2, 0.25) is 0 Å². The van der Waals surface area contributed by atoms with Gasteiger partial charge in [-0.1, -0.05) is 6.07 Å². The summed E-state index contributed by atoms with van der Waals surface area (Å²) in [5, 5.41) is 0. The number of benzene rings is 2. The maximum absolute atomic E-state index is 13.3. The van der Waals surface area contributed by atoms with Gasteiger partial charge in [-0.15, -0.1) is 0 Å². The summed E-state index contributed by atoms with van der Waals surface area (Å²) in [5.74, 6) is -0.293. The first-order chi connectivity index (χ1) is 9.90. The average molecular weight is 307 g/mol. The third-order valence-corrected chi connectivity index (χ3v) is 3.93. The Bertz CT molecular complexity index is 768. The molecule has 0 aliphatic carbocycles. The molecule has 0 aliphatic rings. The first kappa shape index (κ1) is 15.2. The van der Waals surface area contributed by atoms with E-state index < -0.39 is 15.7 Å². The van der Waals surface area contributed by atoms with Crippen molar-refractivity contribution in [1.29, 1.82) is 0 Å². The molecule has 2 aromatic carbocycles. The van der Waals surface area contributed by atoms with Crippen LogP contribution < -0.4 is 4.74 Å². The van der Waals surface area contributed by atoms with Crippen LogP contribution in [0.25, 0.3) is 0 Å². The van der Waals surface area contributed by atoms with Gasteiger partial charge < -0.3 is 4.74 Å². The summed E-state index contributed by atoms with van der Waals surface area (Å²) in [6.45, 7) is 0. The predicted octanol–water partition coefficient (Wildman–Crippen LogP) is 2.99. The number of nitrogens with zero attached hydrogens (tertiary/aromatic N) is 1. The second-order valence-corrected chi connectivity index (χ2v) is 6.43. The second-order valence-electron chi connectivity index (χ2n) is 4.42. The van der Waals surface area contributed by atoms with E-state index in [-0.39, 0.29) is 10.6 Å². The number of aliphatic imine (C=N–C) groups is 1. The molecule has 0 saturated heterocycles. The van der Waals surface area contributed by atoms with Gasteiger partial charge in [0.15, 0.2) is 21.4 Å². The monoisotopic (exact) mass is 307 g/mol. The molecule has 0 aromatic heterocycles. The fraction of sp³-hybridized carbons (Fsp3) is 0.133. The van der Waals surface area contributed by atoms with Crippen molar-refractivity contribution in [2.45, 2.75) is 4.90 Å². The van der Waals surface area contributed by atoms with Gasteiger partial charge in [-0.05, 0) is 42.0 Å². The van der Waals surface area contributed by atoms with E-state index in [1.165, 1.54) is 31.4 Å². The lowest BCUT2D eigenvalue weighted by Gasteiger charge is -2.02. The maximum atomic E-state index is 13.3. The van der Waals surface area contributed by atoms with Crippen molar-refractivity contribution in [3.05, 3.63) is 53.8 Å². The Labute approximate surface area is 122 Å². The summed E-state index contributed by atoms with van der Waals surface area (Å²) in [7, 11) is -1.82. The van der Waals surface area contributed by atoms with Crippen LogP contribution >= 0.6 is 0 Å². The van der Waals surface area contributed by atoms with E-state index in [9.17, 15) is 12.8 Å². The van der Waals surface area contributed by atoms with E-state index >= 15 is 0 Å². The predicted molar refractivity (Wildman–Crippen MR) is 79.8 cm³/mol. The minimum absolute atomic E-state index is 0.145. The van der Waals surface area contributed by atoms with Crippen LogP contribution in [0.2, 0.25) is 0 Å². The van der Waals surface area contributed by atoms with Crippen LogP contribution in [-0.4, -0.2) is 28.0 Å². The molecule has 0 aliphatic heterocycles. The third kappa shape index (κ3) is 3.88. The molecule has 4 nitrogen and oxygen atoms in total. The summed E-state index contributed by atoms with van der Waals surface area (Å²) >= 11 is 0. The highest BCUT2D eigenvalue weighted by Crippen LogP contribution is 2.19. The highest BCUT2D eigenvalue weighted by molar-refractivity contribution is 7.90. The maximum Gasteiger partial charge on any atom is 0.175 e. The van der Waals surface area contributed by atoms with Gasteiger partial charge in [-0.25, -0.2) is 12.8 Å². The number of rotatable bonds is 4. The molecule has 0 heterocycles. The van der Waals surface area contributed by atoms with Gasteiger partial charge in [0, 0.05) is 12.5 Å². The summed E-state index contributed by atoms with van der Waals surface area (Å²) in [6, 6.07) is 10.6. The second kappa shape index (κ2) is 6.05. The van der Waals surface area contributed by atoms with Gasteiger partial charge in [0.05, 0.1) is 17.7 Å². The molecule has 0 atom stereocenters. The van der Waals surface area contributed by atoms with Crippen molar-refractivity contribution in [3.8, 4) is 5.75 Å². The van der Waals surface area contributed by atoms with Crippen molar-refractivity contribution in [1.82, 2.24) is 0 Å². The standard InChI is InChI=1S/C15H14FNO3S/c1-20-15-9-11(3-8-14(15)16)10-17-12-4-6-13(7-5-12)21(2,18)19/h3-10H,1-2H3. The van der Waals surface area contributed by atoms with Gasteiger partial charge in [-0.3, -0.25) is 4.99 Å². The highest BCUT2D eigenvalue weighted by atomic mass is 32.2. The Hall–Kier alpha value is -2.21. The van der Waals surface area contributed by atoms with Crippen molar-refractivity contribution in [3.63, 3.8) is 0 Å². The Balaban J connectivity index is 2.21. The number of hydrogen-bond donors (Lipinski definition) is 0. The van der Waals surface area contributed by atoms with Gasteiger partial charge in [0.25, 0.3) is 0 Å². The lowest BCUT2D eigenvalue weighted by Crippen LogP contribution is -1.95. The molecule has 110 valence electrons. The van der Waals surface area contributed by atoms with Crippen LogP contribution in [-0.2, 0) is 9.84 Å². The molecule has 0 amide bonds. The van der Waals surface area contributed by atoms with Crippen molar-refractivity contribution in [2.75, 3.05) is 13.4 Å². The van der Waals surface area contributed by atoms with Crippen LogP contribution in [0.5, 0.6) is 5.75 Å². The Morgan fingerprint density at radius 2 is 1.81 bits per heavy atom. The third-order valence-electron chi connectivity index (χ3n) is 2.80. The SMILES string of the molecule is COc1cc(C=Nc2ccc(S(C)(=O)=O)cc2)ccc1F. The lowest BCUT2D eigenvalue weighted by atomic mass is 10.2. The number of halogens is 1. The summed E-state index contributed by atoms with van der Waals surface area (Å²) in [5.41, 5.74) is 1.28. The molecule has 0 N–H and O–H groups in total. The average Bonchev–Trinajstić information content (AvgIpc) is 2.46. The summed E-state index contributed by atoms with van der Waals surface area (Å²) in [4.78, 5) is 4.45. The number of methoxy groups -OCH3 is 1. The van der Waals surface area contributed by atoms with Gasteiger partial charge in [0.1, 0.15) is 0 Å². The van der Waals surface area contributed by atoms with Crippen LogP contribution in [0, 0.1) is 5.82 Å². The van der Waals surface area contributed by atoms with E-state index in [4.69, 9.17) is 4.74 Å². The smallest absolute Gasteiger partial charge is 0.175 e. The minimum Gasteiger partial charge on any atom is -0.494 e. The van der Waals surface area contributed by atoms with E-state index in [2.05, 4.69) is 4.99 Å². The molecule has 0 radical (unpaired) electrons. The molecule has 0 saturated carbocycles. The molecule has 0 fully saturated rings. The summed E-state index contributed by atoms with van der Waals surface area (Å²) in [6.07, 6.45) is 2.70. The number of hydrogen-bond acceptors (Lipinski definition) is 4. The molecule has 0 spiro atoms. The Kier molecular flexibility index (Phi) is 4.37. The molecule has 0 unspecified atom stereocenters. The zero-order valence-electron chi connectivity index (χ0n) is 11.6. The van der Waals surface area contributed by atoms with Crippen molar-refractivity contribution in [2.24, 2.45) is 4.99 Å². The van der Waals surface area contributed by atoms with Gasteiger partial charge in [-0.2, -0.15) is 0 Å². The van der Waals surface area contributed by atoms with Crippen LogP contribution in [0.3, 0.4) is 0 Å². The molecule has 21 heavy (non-hydrogen) atoms. The largest absolute Gasteiger partial charge is 0.494 e. The molecule has 6 heteroatoms. The molecular weight excluding hydrogens is 293 g/mol. The van der Waals surface area contributed by atoms with E-state index in [0.717, 1.165) is 6.26 Å². The highest BCUT2D eigenvalue weighted by Gasteiger charge is 2.05. The Morgan fingerprint density at radius 3 is 2.38 bits per heavy atom. The molecule has 0 bridgehead atoms. The van der Waals surface area contributed by atoms with Crippen molar-refractivity contribution >= 4 is 21.7 Å². The van der Waals surface area contributed by atoms with Crippen molar-refractivity contribution < 1.29 is 17.5 Å². The zero-order valence-corrected chi connectivity index (χ0v) is 12.4. The molecule has 2 rings (SSSR count). The van der Waals surface area contributed by atoms with Crippen LogP contribution in [0.4, 0.5) is 10.1 Å². The first-order valence-corrected chi connectivity index (χ1v) is 7.97. The topological polar surface area (TPSA) is 55.7 Å². The zero-order chi connectivity index (χ0) is 15.5. The number of sulfone groups is 1. The molecular formula is C15H14FNO3S. The van der Waals surface area contributed by atoms with E-state index in [1.807, 2.05) is 0 Å².